The van der Waals surface area contributed by atoms with E-state index in [1.807, 2.05) is 24.3 Å². The van der Waals surface area contributed by atoms with Crippen molar-refractivity contribution in [2.45, 2.75) is 77.0 Å². The van der Waals surface area contributed by atoms with Crippen molar-refractivity contribution in [1.82, 2.24) is 4.90 Å². The molecule has 1 aliphatic heterocycles. The summed E-state index contributed by atoms with van der Waals surface area (Å²) in [4.78, 5) is 26.7. The second kappa shape index (κ2) is 14.8. The van der Waals surface area contributed by atoms with E-state index in [4.69, 9.17) is 14.2 Å². The Hall–Kier alpha value is -2.76. The molecule has 0 spiro atoms. The predicted molar refractivity (Wildman–Crippen MR) is 145 cm³/mol. The normalized spacial score (nSPS) is 20.3. The summed E-state index contributed by atoms with van der Waals surface area (Å²) in [7, 11) is 3.60. The number of ketones is 1. The second-order valence-electron chi connectivity index (χ2n) is 9.87. The first kappa shape index (κ1) is 28.8. The lowest BCUT2D eigenvalue weighted by atomic mass is 10.1. The summed E-state index contributed by atoms with van der Waals surface area (Å²) in [5.74, 6) is 5.02. The summed E-state index contributed by atoms with van der Waals surface area (Å²) in [5, 5.41) is 2.89. The molecule has 1 aromatic rings. The third kappa shape index (κ3) is 9.90. The Morgan fingerprint density at radius 1 is 1.19 bits per heavy atom. The van der Waals surface area contributed by atoms with Crippen LogP contribution in [0.3, 0.4) is 0 Å². The smallest absolute Gasteiger partial charge is 0.248 e. The summed E-state index contributed by atoms with van der Waals surface area (Å²) < 4.78 is 17.3. The summed E-state index contributed by atoms with van der Waals surface area (Å²) >= 11 is 0. The molecule has 2 aliphatic rings. The molecule has 0 bridgehead atoms. The van der Waals surface area contributed by atoms with E-state index in [1.165, 1.54) is 25.3 Å². The van der Waals surface area contributed by atoms with Crippen molar-refractivity contribution < 1.29 is 23.8 Å². The molecule has 1 saturated heterocycles. The molecule has 200 valence electrons. The van der Waals surface area contributed by atoms with E-state index in [1.54, 1.807) is 0 Å². The van der Waals surface area contributed by atoms with Gasteiger partial charge in [0, 0.05) is 49.2 Å². The van der Waals surface area contributed by atoms with Crippen LogP contribution in [0.2, 0.25) is 0 Å². The van der Waals surface area contributed by atoms with E-state index in [-0.39, 0.29) is 23.9 Å². The number of benzene rings is 1. The van der Waals surface area contributed by atoms with Crippen LogP contribution < -0.4 is 5.32 Å². The van der Waals surface area contributed by atoms with Crippen LogP contribution in [-0.2, 0) is 30.4 Å². The zero-order valence-corrected chi connectivity index (χ0v) is 22.5. The Morgan fingerprint density at radius 3 is 2.65 bits per heavy atom. The van der Waals surface area contributed by atoms with Crippen LogP contribution in [0.1, 0.15) is 51.5 Å². The Balaban J connectivity index is 1.40. The fourth-order valence-electron chi connectivity index (χ4n) is 4.38. The van der Waals surface area contributed by atoms with Crippen molar-refractivity contribution in [2.24, 2.45) is 0 Å². The Labute approximate surface area is 221 Å². The number of nitrogens with zero attached hydrogens (tertiary/aromatic N) is 1. The molecule has 1 aliphatic carbocycles. The predicted octanol–water partition coefficient (Wildman–Crippen LogP) is 4.28. The largest absolute Gasteiger partial charge is 0.375 e. The van der Waals surface area contributed by atoms with Gasteiger partial charge in [-0.05, 0) is 65.1 Å². The number of rotatable bonds is 13. The van der Waals surface area contributed by atoms with Crippen molar-refractivity contribution in [2.75, 3.05) is 32.6 Å². The number of carbonyl (C=O) groups excluding carboxylic acids is 2. The molecule has 7 heteroatoms. The van der Waals surface area contributed by atoms with Gasteiger partial charge in [0.05, 0.1) is 24.9 Å². The van der Waals surface area contributed by atoms with Gasteiger partial charge in [-0.15, -0.1) is 0 Å². The van der Waals surface area contributed by atoms with E-state index < -0.39 is 6.10 Å². The van der Waals surface area contributed by atoms with E-state index >= 15 is 0 Å². The monoisotopic (exact) mass is 508 g/mol. The number of piperidine rings is 1. The van der Waals surface area contributed by atoms with Crippen LogP contribution >= 0.6 is 0 Å². The van der Waals surface area contributed by atoms with Gasteiger partial charge in [0.2, 0.25) is 5.91 Å². The number of likely N-dealkylation sites (tertiary alicyclic amines) is 1. The molecule has 7 nitrogen and oxygen atoms in total. The first-order chi connectivity index (χ1) is 17.8. The average molecular weight is 509 g/mol. The van der Waals surface area contributed by atoms with Crippen LogP contribution in [0.4, 0.5) is 5.69 Å². The van der Waals surface area contributed by atoms with E-state index in [2.05, 4.69) is 43.0 Å². The van der Waals surface area contributed by atoms with E-state index in [0.29, 0.717) is 24.0 Å². The molecule has 0 radical (unpaired) electrons. The topological polar surface area (TPSA) is 77.1 Å². The highest BCUT2D eigenvalue weighted by molar-refractivity contribution is 6.02. The molecule has 0 aromatic heterocycles. The van der Waals surface area contributed by atoms with Crippen LogP contribution in [0.15, 0.2) is 48.1 Å². The minimum absolute atomic E-state index is 0.101. The third-order valence-corrected chi connectivity index (χ3v) is 6.66. The summed E-state index contributed by atoms with van der Waals surface area (Å²) in [6.07, 6.45) is 9.57. The maximum atomic E-state index is 12.5. The summed E-state index contributed by atoms with van der Waals surface area (Å²) in [6, 6.07) is 7.60. The van der Waals surface area contributed by atoms with Crippen molar-refractivity contribution in [3.05, 3.63) is 53.6 Å². The molecule has 1 heterocycles. The van der Waals surface area contributed by atoms with Crippen molar-refractivity contribution in [3.8, 4) is 11.8 Å². The molecular weight excluding hydrogens is 468 g/mol. The Bertz CT molecular complexity index is 1030. The number of methoxy groups -OCH3 is 1. The van der Waals surface area contributed by atoms with E-state index in [9.17, 15) is 9.59 Å². The van der Waals surface area contributed by atoms with Gasteiger partial charge in [-0.25, -0.2) is 0 Å². The molecule has 3 atom stereocenters. The Morgan fingerprint density at radius 2 is 1.92 bits per heavy atom. The molecule has 1 N–H and O–H groups in total. The van der Waals surface area contributed by atoms with Gasteiger partial charge < -0.3 is 24.4 Å². The lowest BCUT2D eigenvalue weighted by molar-refractivity contribution is -0.121. The first-order valence-electron chi connectivity index (χ1n) is 13.2. The minimum atomic E-state index is -0.735. The van der Waals surface area contributed by atoms with Gasteiger partial charge in [0.1, 0.15) is 0 Å². The summed E-state index contributed by atoms with van der Waals surface area (Å²) in [6.45, 7) is 6.89. The number of ether oxygens (including phenoxy) is 3. The first-order valence-corrected chi connectivity index (χ1v) is 13.2. The average Bonchev–Trinajstić information content (AvgIpc) is 2.88. The van der Waals surface area contributed by atoms with Gasteiger partial charge in [0.15, 0.2) is 11.9 Å². The highest BCUT2D eigenvalue weighted by Crippen LogP contribution is 2.20. The quantitative estimate of drug-likeness (QED) is 0.317. The van der Waals surface area contributed by atoms with Gasteiger partial charge >= 0.3 is 0 Å². The van der Waals surface area contributed by atoms with Crippen LogP contribution in [0.5, 0.6) is 0 Å². The molecule has 1 aromatic carbocycles. The molecule has 1 fully saturated rings. The minimum Gasteiger partial charge on any atom is -0.375 e. The van der Waals surface area contributed by atoms with Gasteiger partial charge in [-0.1, -0.05) is 30.0 Å². The van der Waals surface area contributed by atoms with Gasteiger partial charge in [-0.2, -0.15) is 0 Å². The fraction of sp³-hybridized carbons (Fsp3) is 0.533. The molecule has 0 saturated carbocycles. The van der Waals surface area contributed by atoms with Crippen molar-refractivity contribution >= 4 is 17.4 Å². The molecule has 3 rings (SSSR count). The van der Waals surface area contributed by atoms with Gasteiger partial charge in [-0.3, -0.25) is 9.59 Å². The lowest BCUT2D eigenvalue weighted by Crippen LogP contribution is -2.35. The Kier molecular flexibility index (Phi) is 11.6. The number of para-hydroxylation sites is 1. The molecule has 1 amide bonds. The standard InChI is InChI=1S/C30H40N2O5/c1-22(8-7-9-23(2)37-26-16-18-32(3)19-17-26)36-21-25-10-5-6-11-27(25)31-30(34)15-13-24-12-14-29(35-4)28(33)20-24/h5-6,10-11,13,15,20,22-23,26,29H,7-9,16-19,21H2,1-4H3,(H,31,34)/b15-13+. The number of allylic oxidation sites excluding steroid dienone is 2. The van der Waals surface area contributed by atoms with Crippen LogP contribution in [0.25, 0.3) is 0 Å². The SMILES string of the molecule is COC1C#CC(/C=C/C(=O)Nc2ccccc2COC(C)CCCC(C)OC2CCN(C)CC2)=CC1=O. The third-order valence-electron chi connectivity index (χ3n) is 6.66. The van der Waals surface area contributed by atoms with Crippen LogP contribution in [0, 0.1) is 11.8 Å². The number of hydrogen-bond acceptors (Lipinski definition) is 6. The van der Waals surface area contributed by atoms with Crippen molar-refractivity contribution in [3.63, 3.8) is 0 Å². The molecule has 3 unspecified atom stereocenters. The van der Waals surface area contributed by atoms with E-state index in [0.717, 1.165) is 50.8 Å². The number of hydrogen-bond donors (Lipinski definition) is 1. The maximum Gasteiger partial charge on any atom is 0.248 e. The zero-order chi connectivity index (χ0) is 26.6. The molecule has 37 heavy (non-hydrogen) atoms. The number of amides is 1. The zero-order valence-electron chi connectivity index (χ0n) is 22.5. The molecular formula is C30H40N2O5. The fourth-order valence-corrected chi connectivity index (χ4v) is 4.38. The highest BCUT2D eigenvalue weighted by Gasteiger charge is 2.19. The lowest BCUT2D eigenvalue weighted by Gasteiger charge is -2.31. The van der Waals surface area contributed by atoms with Crippen molar-refractivity contribution in [1.29, 1.82) is 0 Å². The maximum absolute atomic E-state index is 12.5. The summed E-state index contributed by atoms with van der Waals surface area (Å²) in [5.41, 5.74) is 2.08. The highest BCUT2D eigenvalue weighted by atomic mass is 16.5. The van der Waals surface area contributed by atoms with Crippen LogP contribution in [-0.4, -0.2) is 68.3 Å². The number of anilines is 1. The van der Waals surface area contributed by atoms with Gasteiger partial charge in [0.25, 0.3) is 0 Å². The number of nitrogens with one attached hydrogen (secondary N) is 1. The second-order valence-corrected chi connectivity index (χ2v) is 9.87. The number of carbonyl (C=O) groups is 2.